The lowest BCUT2D eigenvalue weighted by atomic mass is 10.0. The van der Waals surface area contributed by atoms with Gasteiger partial charge < -0.3 is 29.7 Å². The van der Waals surface area contributed by atoms with Crippen LogP contribution >= 0.6 is 0 Å². The number of rotatable bonds is 9. The van der Waals surface area contributed by atoms with E-state index in [1.807, 2.05) is 30.3 Å². The highest BCUT2D eigenvalue weighted by Gasteiger charge is 2.38. The molecule has 0 bridgehead atoms. The number of amides is 3. The number of likely N-dealkylation sites (tertiary alicyclic amines) is 1. The molecular formula is C29H35N3O8. The second-order valence-corrected chi connectivity index (χ2v) is 10.3. The standard InChI is InChI=1S/C29H35N3O8/c1-29(2,3)40-24(33)18-39-21-13-8-12-20(17-21)30-25(34)22(16-19-10-6-5-7-11-19)31-26(35)23-14-9-15-32(23)27(36)28(37)38-4/h5-8,10-13,17,22-23H,9,14-16,18H2,1-4H3,(H,30,34)(H,31,35)/t22-,23+/m1/s1. The summed E-state index contributed by atoms with van der Waals surface area (Å²) in [6.45, 7) is 5.20. The average molecular weight is 554 g/mol. The molecule has 0 aliphatic carbocycles. The Morgan fingerprint density at radius 1 is 1.02 bits per heavy atom. The van der Waals surface area contributed by atoms with E-state index in [1.54, 1.807) is 45.0 Å². The van der Waals surface area contributed by atoms with Gasteiger partial charge in [-0.05, 0) is 51.3 Å². The van der Waals surface area contributed by atoms with Gasteiger partial charge >= 0.3 is 17.8 Å². The Kier molecular flexibility index (Phi) is 10.2. The van der Waals surface area contributed by atoms with Crippen molar-refractivity contribution < 1.29 is 38.2 Å². The molecule has 1 fully saturated rings. The van der Waals surface area contributed by atoms with Crippen LogP contribution in [0.15, 0.2) is 54.6 Å². The molecule has 40 heavy (non-hydrogen) atoms. The second-order valence-electron chi connectivity index (χ2n) is 10.3. The molecule has 0 saturated carbocycles. The molecule has 2 aromatic rings. The average Bonchev–Trinajstić information content (AvgIpc) is 3.41. The fourth-order valence-corrected chi connectivity index (χ4v) is 4.22. The number of hydrogen-bond donors (Lipinski definition) is 2. The van der Waals surface area contributed by atoms with Crippen LogP contribution in [0.1, 0.15) is 39.2 Å². The number of carbonyl (C=O) groups excluding carboxylic acids is 5. The van der Waals surface area contributed by atoms with Gasteiger partial charge in [-0.3, -0.25) is 14.4 Å². The van der Waals surface area contributed by atoms with Crippen molar-refractivity contribution in [3.63, 3.8) is 0 Å². The fourth-order valence-electron chi connectivity index (χ4n) is 4.22. The van der Waals surface area contributed by atoms with Gasteiger partial charge in [0.05, 0.1) is 7.11 Å². The Labute approximate surface area is 233 Å². The van der Waals surface area contributed by atoms with Gasteiger partial charge in [-0.1, -0.05) is 36.4 Å². The molecule has 2 N–H and O–H groups in total. The quantitative estimate of drug-likeness (QED) is 0.356. The van der Waals surface area contributed by atoms with E-state index in [0.717, 1.165) is 12.7 Å². The molecule has 3 amide bonds. The molecular weight excluding hydrogens is 518 g/mol. The van der Waals surface area contributed by atoms with Crippen molar-refractivity contribution in [2.24, 2.45) is 0 Å². The van der Waals surface area contributed by atoms with E-state index in [-0.39, 0.29) is 19.6 Å². The van der Waals surface area contributed by atoms with Gasteiger partial charge in [0.2, 0.25) is 11.8 Å². The molecule has 0 unspecified atom stereocenters. The van der Waals surface area contributed by atoms with Gasteiger partial charge in [0, 0.05) is 24.7 Å². The van der Waals surface area contributed by atoms with Crippen LogP contribution in [0.25, 0.3) is 0 Å². The van der Waals surface area contributed by atoms with Crippen molar-refractivity contribution in [2.75, 3.05) is 25.6 Å². The number of ether oxygens (including phenoxy) is 3. The van der Waals surface area contributed by atoms with E-state index in [0.29, 0.717) is 24.3 Å². The van der Waals surface area contributed by atoms with Crippen LogP contribution < -0.4 is 15.4 Å². The molecule has 11 heteroatoms. The van der Waals surface area contributed by atoms with E-state index in [2.05, 4.69) is 15.4 Å². The van der Waals surface area contributed by atoms with Crippen LogP contribution in [-0.4, -0.2) is 72.5 Å². The topological polar surface area (TPSA) is 140 Å². The van der Waals surface area contributed by atoms with Crippen LogP contribution in [0.5, 0.6) is 5.75 Å². The Hall–Kier alpha value is -4.41. The maximum absolute atomic E-state index is 13.4. The normalized spacial score (nSPS) is 15.5. The lowest BCUT2D eigenvalue weighted by Gasteiger charge is -2.25. The van der Waals surface area contributed by atoms with Gasteiger partial charge in [-0.15, -0.1) is 0 Å². The lowest BCUT2D eigenvalue weighted by Crippen LogP contribution is -2.53. The zero-order valence-corrected chi connectivity index (χ0v) is 23.1. The van der Waals surface area contributed by atoms with E-state index in [4.69, 9.17) is 9.47 Å². The maximum atomic E-state index is 13.4. The minimum Gasteiger partial charge on any atom is -0.482 e. The first-order chi connectivity index (χ1) is 19.0. The number of benzene rings is 2. The van der Waals surface area contributed by atoms with E-state index in [9.17, 15) is 24.0 Å². The third-order valence-corrected chi connectivity index (χ3v) is 5.97. The molecule has 1 aliphatic heterocycles. The molecule has 1 aliphatic rings. The van der Waals surface area contributed by atoms with Crippen molar-refractivity contribution in [3.8, 4) is 5.75 Å². The summed E-state index contributed by atoms with van der Waals surface area (Å²) in [5.74, 6) is -3.17. The number of anilines is 1. The lowest BCUT2D eigenvalue weighted by molar-refractivity contribution is -0.159. The maximum Gasteiger partial charge on any atom is 0.396 e. The summed E-state index contributed by atoms with van der Waals surface area (Å²) < 4.78 is 15.3. The molecule has 1 heterocycles. The predicted molar refractivity (Wildman–Crippen MR) is 145 cm³/mol. The molecule has 3 rings (SSSR count). The Balaban J connectivity index is 1.71. The van der Waals surface area contributed by atoms with Crippen LogP contribution in [-0.2, 0) is 39.9 Å². The Bertz CT molecular complexity index is 1230. The second kappa shape index (κ2) is 13.6. The summed E-state index contributed by atoms with van der Waals surface area (Å²) >= 11 is 0. The largest absolute Gasteiger partial charge is 0.482 e. The van der Waals surface area contributed by atoms with Gasteiger partial charge in [0.15, 0.2) is 6.61 Å². The smallest absolute Gasteiger partial charge is 0.396 e. The first kappa shape index (κ1) is 30.1. The minimum atomic E-state index is -1.05. The monoisotopic (exact) mass is 553 g/mol. The summed E-state index contributed by atoms with van der Waals surface area (Å²) in [6, 6.07) is 13.8. The van der Waals surface area contributed by atoms with Crippen LogP contribution in [0.3, 0.4) is 0 Å². The van der Waals surface area contributed by atoms with Crippen molar-refractivity contribution in [2.45, 2.75) is 57.7 Å². The van der Waals surface area contributed by atoms with Crippen molar-refractivity contribution in [1.29, 1.82) is 0 Å². The van der Waals surface area contributed by atoms with Crippen LogP contribution in [0, 0.1) is 0 Å². The summed E-state index contributed by atoms with van der Waals surface area (Å²) in [7, 11) is 1.10. The highest BCUT2D eigenvalue weighted by molar-refractivity contribution is 6.32. The van der Waals surface area contributed by atoms with E-state index < -0.39 is 47.3 Å². The van der Waals surface area contributed by atoms with Crippen molar-refractivity contribution in [1.82, 2.24) is 10.2 Å². The molecule has 2 atom stereocenters. The third-order valence-electron chi connectivity index (χ3n) is 5.97. The molecule has 0 radical (unpaired) electrons. The third kappa shape index (κ3) is 8.82. The highest BCUT2D eigenvalue weighted by atomic mass is 16.6. The summed E-state index contributed by atoms with van der Waals surface area (Å²) in [5, 5.41) is 5.54. The molecule has 11 nitrogen and oxygen atoms in total. The molecule has 1 saturated heterocycles. The van der Waals surface area contributed by atoms with Crippen molar-refractivity contribution >= 4 is 35.3 Å². The zero-order chi connectivity index (χ0) is 29.3. The predicted octanol–water partition coefficient (Wildman–Crippen LogP) is 2.24. The highest BCUT2D eigenvalue weighted by Crippen LogP contribution is 2.20. The fraction of sp³-hybridized carbons (Fsp3) is 0.414. The number of carbonyl (C=O) groups is 5. The molecule has 0 aromatic heterocycles. The number of hydrogen-bond acceptors (Lipinski definition) is 8. The van der Waals surface area contributed by atoms with E-state index in [1.165, 1.54) is 4.90 Å². The molecule has 2 aromatic carbocycles. The van der Waals surface area contributed by atoms with Gasteiger partial charge in [-0.25, -0.2) is 9.59 Å². The molecule has 0 spiro atoms. The van der Waals surface area contributed by atoms with Crippen LogP contribution in [0.2, 0.25) is 0 Å². The number of esters is 2. The minimum absolute atomic E-state index is 0.185. The molecule has 214 valence electrons. The van der Waals surface area contributed by atoms with Gasteiger partial charge in [0.25, 0.3) is 0 Å². The number of nitrogens with one attached hydrogen (secondary N) is 2. The van der Waals surface area contributed by atoms with Crippen LogP contribution in [0.4, 0.5) is 5.69 Å². The number of nitrogens with zero attached hydrogens (tertiary/aromatic N) is 1. The van der Waals surface area contributed by atoms with Gasteiger partial charge in [-0.2, -0.15) is 0 Å². The summed E-state index contributed by atoms with van der Waals surface area (Å²) in [5.41, 5.74) is 0.560. The zero-order valence-electron chi connectivity index (χ0n) is 23.1. The Morgan fingerprint density at radius 2 is 1.75 bits per heavy atom. The van der Waals surface area contributed by atoms with Crippen molar-refractivity contribution in [3.05, 3.63) is 60.2 Å². The van der Waals surface area contributed by atoms with E-state index >= 15 is 0 Å². The number of methoxy groups -OCH3 is 1. The first-order valence-electron chi connectivity index (χ1n) is 13.0. The summed E-state index contributed by atoms with van der Waals surface area (Å²) in [6.07, 6.45) is 1.07. The SMILES string of the molecule is COC(=O)C(=O)N1CCC[C@H]1C(=O)N[C@H](Cc1ccccc1)C(=O)Nc1cccc(OCC(=O)OC(C)(C)C)c1. The summed E-state index contributed by atoms with van der Waals surface area (Å²) in [4.78, 5) is 63.9. The van der Waals surface area contributed by atoms with Gasteiger partial charge in [0.1, 0.15) is 23.4 Å². The first-order valence-corrected chi connectivity index (χ1v) is 13.0. The Morgan fingerprint density at radius 3 is 2.42 bits per heavy atom.